The van der Waals surface area contributed by atoms with Gasteiger partial charge in [0, 0.05) is 12.8 Å². The molecule has 3 fully saturated rings. The number of carbonyl (C=O) groups excluding carboxylic acids is 1. The Balaban J connectivity index is 1.60. The van der Waals surface area contributed by atoms with Crippen LogP contribution >= 0.6 is 0 Å². The lowest BCUT2D eigenvalue weighted by Crippen LogP contribution is -2.56. The maximum Gasteiger partial charge on any atom is 0.303 e. The van der Waals surface area contributed by atoms with Gasteiger partial charge < -0.3 is 10.2 Å². The third-order valence-electron chi connectivity index (χ3n) is 9.47. The zero-order valence-corrected chi connectivity index (χ0v) is 17.6. The fourth-order valence-electron chi connectivity index (χ4n) is 8.21. The van der Waals surface area contributed by atoms with Gasteiger partial charge in [-0.25, -0.2) is 0 Å². The highest BCUT2D eigenvalue weighted by Gasteiger charge is 2.62. The molecule has 0 aliphatic heterocycles. The topological polar surface area (TPSA) is 74.6 Å². The second-order valence-corrected chi connectivity index (χ2v) is 10.8. The van der Waals surface area contributed by atoms with Crippen LogP contribution in [0.25, 0.3) is 0 Å². The summed E-state index contributed by atoms with van der Waals surface area (Å²) in [5, 5.41) is 20.5. The van der Waals surface area contributed by atoms with Gasteiger partial charge in [-0.15, -0.1) is 0 Å². The summed E-state index contributed by atoms with van der Waals surface area (Å²) in [5.74, 6) is 1.86. The molecule has 28 heavy (non-hydrogen) atoms. The molecular formula is C24H36O4. The van der Waals surface area contributed by atoms with E-state index in [0.717, 1.165) is 38.5 Å². The molecule has 0 spiro atoms. The average Bonchev–Trinajstić information content (AvgIpc) is 2.96. The highest BCUT2D eigenvalue weighted by atomic mass is 16.4. The predicted molar refractivity (Wildman–Crippen MR) is 108 cm³/mol. The van der Waals surface area contributed by atoms with Gasteiger partial charge in [0.05, 0.1) is 6.10 Å². The number of ketones is 1. The number of aliphatic hydroxyl groups is 1. The van der Waals surface area contributed by atoms with Crippen molar-refractivity contribution in [2.24, 2.45) is 40.4 Å². The van der Waals surface area contributed by atoms with Gasteiger partial charge in [-0.1, -0.05) is 26.3 Å². The molecule has 4 aliphatic rings. The number of hydrogen-bond acceptors (Lipinski definition) is 3. The second kappa shape index (κ2) is 6.97. The number of hydrogen-bond donors (Lipinski definition) is 2. The zero-order chi connectivity index (χ0) is 20.3. The number of allylic oxidation sites excluding steroid dienone is 1. The van der Waals surface area contributed by atoms with E-state index in [0.29, 0.717) is 30.1 Å². The first-order valence-electron chi connectivity index (χ1n) is 11.3. The molecule has 0 aromatic heterocycles. The van der Waals surface area contributed by atoms with E-state index in [1.165, 1.54) is 12.0 Å². The molecule has 1 unspecified atom stereocenters. The highest BCUT2D eigenvalue weighted by molar-refractivity contribution is 5.91. The lowest BCUT2D eigenvalue weighted by atomic mass is 9.45. The standard InChI is InChI=1S/C24H36O4/c1-14(4-9-21(27)28)18-7-8-19-17-6-5-15-12-16(25)10-11-23(15,2)22(17)20(26)13-24(18,19)3/h12,14,17-20,22,26H,4-11,13H2,1-3H3,(H,27,28)/t14-,17+,18-,19+,20?,22-,23+,24-/m1/s1. The fraction of sp³-hybridized carbons (Fsp3) is 0.833. The van der Waals surface area contributed by atoms with Gasteiger partial charge in [-0.2, -0.15) is 0 Å². The molecule has 4 rings (SSSR count). The molecule has 0 aromatic carbocycles. The number of carboxylic acids is 1. The van der Waals surface area contributed by atoms with Crippen LogP contribution in [0.3, 0.4) is 0 Å². The first-order chi connectivity index (χ1) is 13.2. The minimum absolute atomic E-state index is 0.0232. The molecule has 0 bridgehead atoms. The van der Waals surface area contributed by atoms with Crippen molar-refractivity contribution in [1.29, 1.82) is 0 Å². The van der Waals surface area contributed by atoms with Gasteiger partial charge in [-0.05, 0) is 91.4 Å². The minimum Gasteiger partial charge on any atom is -0.481 e. The maximum absolute atomic E-state index is 12.0. The van der Waals surface area contributed by atoms with Crippen molar-refractivity contribution >= 4 is 11.8 Å². The molecule has 4 heteroatoms. The van der Waals surface area contributed by atoms with E-state index in [-0.39, 0.29) is 35.1 Å². The molecule has 0 aromatic rings. The van der Waals surface area contributed by atoms with E-state index in [1.807, 2.05) is 6.08 Å². The van der Waals surface area contributed by atoms with Crippen LogP contribution in [0.1, 0.15) is 78.6 Å². The van der Waals surface area contributed by atoms with Crippen LogP contribution in [0, 0.1) is 40.4 Å². The Morgan fingerprint density at radius 3 is 2.71 bits per heavy atom. The van der Waals surface area contributed by atoms with Crippen LogP contribution in [0.5, 0.6) is 0 Å². The van der Waals surface area contributed by atoms with Crippen molar-refractivity contribution in [2.45, 2.75) is 84.7 Å². The number of aliphatic carboxylic acids is 1. The maximum atomic E-state index is 12.0. The number of rotatable bonds is 4. The van der Waals surface area contributed by atoms with E-state index in [4.69, 9.17) is 5.11 Å². The summed E-state index contributed by atoms with van der Waals surface area (Å²) >= 11 is 0. The van der Waals surface area contributed by atoms with Gasteiger partial charge in [0.25, 0.3) is 0 Å². The van der Waals surface area contributed by atoms with E-state index >= 15 is 0 Å². The smallest absolute Gasteiger partial charge is 0.303 e. The van der Waals surface area contributed by atoms with Gasteiger partial charge in [-0.3, -0.25) is 9.59 Å². The van der Waals surface area contributed by atoms with Crippen LogP contribution in [0.15, 0.2) is 11.6 Å². The summed E-state index contributed by atoms with van der Waals surface area (Å²) in [6, 6.07) is 0. The first kappa shape index (κ1) is 20.1. The fourth-order valence-corrected chi connectivity index (χ4v) is 8.21. The van der Waals surface area contributed by atoms with Gasteiger partial charge in [0.15, 0.2) is 5.78 Å². The van der Waals surface area contributed by atoms with Crippen LogP contribution in [0.2, 0.25) is 0 Å². The molecule has 0 radical (unpaired) electrons. The third kappa shape index (κ3) is 2.98. The molecule has 4 nitrogen and oxygen atoms in total. The predicted octanol–water partition coefficient (Wildman–Crippen LogP) is 4.61. The van der Waals surface area contributed by atoms with Crippen molar-refractivity contribution in [3.63, 3.8) is 0 Å². The van der Waals surface area contributed by atoms with Crippen LogP contribution in [-0.4, -0.2) is 28.1 Å². The van der Waals surface area contributed by atoms with Crippen molar-refractivity contribution in [3.8, 4) is 0 Å². The summed E-state index contributed by atoms with van der Waals surface area (Å²) in [7, 11) is 0. The Bertz CT molecular complexity index is 697. The molecule has 0 saturated heterocycles. The number of aliphatic hydroxyl groups excluding tert-OH is 1. The van der Waals surface area contributed by atoms with E-state index < -0.39 is 5.97 Å². The lowest BCUT2D eigenvalue weighted by Gasteiger charge is -2.60. The summed E-state index contributed by atoms with van der Waals surface area (Å²) in [4.78, 5) is 23.0. The molecule has 156 valence electrons. The SMILES string of the molecule is C[C@H](CCC(=O)O)[C@H]1CC[C@H]2[C@@H]3CCC4=CC(=O)CC[C@]4(C)[C@H]3C(O)C[C@]12C. The Hall–Kier alpha value is -1.16. The number of carboxylic acid groups (broad SMARTS) is 1. The third-order valence-corrected chi connectivity index (χ3v) is 9.47. The highest BCUT2D eigenvalue weighted by Crippen LogP contribution is 2.67. The van der Waals surface area contributed by atoms with Gasteiger partial charge in [0.1, 0.15) is 0 Å². The van der Waals surface area contributed by atoms with Crippen molar-refractivity contribution in [3.05, 3.63) is 11.6 Å². The monoisotopic (exact) mass is 388 g/mol. The average molecular weight is 389 g/mol. The first-order valence-corrected chi connectivity index (χ1v) is 11.3. The lowest BCUT2D eigenvalue weighted by molar-refractivity contribution is -0.140. The van der Waals surface area contributed by atoms with Crippen molar-refractivity contribution in [1.82, 2.24) is 0 Å². The molecule has 0 heterocycles. The van der Waals surface area contributed by atoms with Gasteiger partial charge in [0.2, 0.25) is 0 Å². The molecule has 3 saturated carbocycles. The Kier molecular flexibility index (Phi) is 5.01. The van der Waals surface area contributed by atoms with E-state index in [2.05, 4.69) is 20.8 Å². The summed E-state index contributed by atoms with van der Waals surface area (Å²) in [5.41, 5.74) is 1.38. The number of fused-ring (bicyclic) bond motifs is 5. The second-order valence-electron chi connectivity index (χ2n) is 10.8. The van der Waals surface area contributed by atoms with Crippen LogP contribution in [-0.2, 0) is 9.59 Å². The van der Waals surface area contributed by atoms with Gasteiger partial charge >= 0.3 is 5.97 Å². The Morgan fingerprint density at radius 2 is 2.00 bits per heavy atom. The quantitative estimate of drug-likeness (QED) is 0.738. The summed E-state index contributed by atoms with van der Waals surface area (Å²) in [6.45, 7) is 6.90. The molecule has 2 N–H and O–H groups in total. The number of carbonyl (C=O) groups is 2. The van der Waals surface area contributed by atoms with E-state index in [9.17, 15) is 14.7 Å². The Morgan fingerprint density at radius 1 is 1.25 bits per heavy atom. The van der Waals surface area contributed by atoms with Crippen LogP contribution < -0.4 is 0 Å². The zero-order valence-electron chi connectivity index (χ0n) is 17.6. The van der Waals surface area contributed by atoms with Crippen molar-refractivity contribution in [2.75, 3.05) is 0 Å². The molecule has 0 amide bonds. The Labute approximate surface area is 168 Å². The molecular weight excluding hydrogens is 352 g/mol. The van der Waals surface area contributed by atoms with Crippen molar-refractivity contribution < 1.29 is 19.8 Å². The van der Waals surface area contributed by atoms with E-state index in [1.54, 1.807) is 0 Å². The van der Waals surface area contributed by atoms with Crippen LogP contribution in [0.4, 0.5) is 0 Å². The molecule has 4 aliphatic carbocycles. The largest absolute Gasteiger partial charge is 0.481 e. The minimum atomic E-state index is -0.707. The normalized spacial score (nSPS) is 46.2. The summed E-state index contributed by atoms with van der Waals surface area (Å²) < 4.78 is 0. The summed E-state index contributed by atoms with van der Waals surface area (Å²) in [6.07, 6.45) is 9.35. The molecule has 8 atom stereocenters.